The van der Waals surface area contributed by atoms with Crippen LogP contribution in [0.2, 0.25) is 0 Å². The fourth-order valence-corrected chi connectivity index (χ4v) is 2.50. The van der Waals surface area contributed by atoms with Gasteiger partial charge in [-0.15, -0.1) is 12.4 Å². The third kappa shape index (κ3) is 5.27. The van der Waals surface area contributed by atoms with E-state index in [0.29, 0.717) is 0 Å². The topological polar surface area (TPSA) is 49.3 Å². The van der Waals surface area contributed by atoms with Gasteiger partial charge in [0, 0.05) is 17.2 Å². The first-order valence-corrected chi connectivity index (χ1v) is 6.27. The number of hydrogen-bond donors (Lipinski definition) is 2. The molecule has 0 aromatic heterocycles. The first kappa shape index (κ1) is 12.6. The first-order valence-electron chi connectivity index (χ1n) is 3.83. The van der Waals surface area contributed by atoms with Gasteiger partial charge in [-0.3, -0.25) is 4.55 Å². The van der Waals surface area contributed by atoms with Gasteiger partial charge in [0.25, 0.3) is 0 Å². The predicted molar refractivity (Wildman–Crippen MR) is 55.4 cm³/mol. The van der Waals surface area contributed by atoms with Crippen molar-refractivity contribution in [2.24, 2.45) is 0 Å². The molecule has 0 aromatic carbocycles. The lowest BCUT2D eigenvalue weighted by Gasteiger charge is -2.21. The second-order valence-corrected chi connectivity index (χ2v) is 5.47. The average molecular weight is 232 g/mol. The van der Waals surface area contributed by atoms with Crippen molar-refractivity contribution in [1.29, 1.82) is 0 Å². The molecule has 0 saturated heterocycles. The summed E-state index contributed by atoms with van der Waals surface area (Å²) in [7, 11) is -3.14. The Bertz CT molecular complexity index is 212. The van der Waals surface area contributed by atoms with Gasteiger partial charge in [0.2, 0.25) is 8.96 Å². The molecule has 1 rings (SSSR count). The van der Waals surface area contributed by atoms with Gasteiger partial charge in [-0.1, -0.05) is 19.3 Å². The molecule has 74 valence electrons. The van der Waals surface area contributed by atoms with E-state index in [0.717, 1.165) is 25.7 Å². The molecule has 1 aliphatic carbocycles. The van der Waals surface area contributed by atoms with E-state index < -0.39 is 8.96 Å². The maximum atomic E-state index is 10.7. The molecular weight excluding hydrogens is 218 g/mol. The SMILES string of the molecule is Cl.O=S(O)(=S)NC1CCCCC1. The monoisotopic (exact) mass is 231 g/mol. The third-order valence-electron chi connectivity index (χ3n) is 1.92. The lowest BCUT2D eigenvalue weighted by atomic mass is 9.96. The molecule has 0 heterocycles. The van der Waals surface area contributed by atoms with Gasteiger partial charge < -0.3 is 0 Å². The molecule has 3 nitrogen and oxygen atoms in total. The van der Waals surface area contributed by atoms with Crippen molar-refractivity contribution in [3.63, 3.8) is 0 Å². The van der Waals surface area contributed by atoms with E-state index >= 15 is 0 Å². The van der Waals surface area contributed by atoms with Crippen LogP contribution in [0.15, 0.2) is 0 Å². The van der Waals surface area contributed by atoms with E-state index in [2.05, 4.69) is 15.9 Å². The van der Waals surface area contributed by atoms with E-state index in [1.54, 1.807) is 0 Å². The molecule has 2 N–H and O–H groups in total. The summed E-state index contributed by atoms with van der Waals surface area (Å²) in [4.78, 5) is 0. The van der Waals surface area contributed by atoms with E-state index in [1.807, 2.05) is 0 Å². The Labute approximate surface area is 84.4 Å². The summed E-state index contributed by atoms with van der Waals surface area (Å²) < 4.78 is 22.1. The third-order valence-corrected chi connectivity index (χ3v) is 2.84. The van der Waals surface area contributed by atoms with Crippen LogP contribution in [-0.4, -0.2) is 14.8 Å². The molecule has 6 heteroatoms. The smallest absolute Gasteiger partial charge is 0.207 e. The second kappa shape index (κ2) is 5.34. The van der Waals surface area contributed by atoms with Gasteiger partial charge in [0.1, 0.15) is 0 Å². The summed E-state index contributed by atoms with van der Waals surface area (Å²) in [5.41, 5.74) is 0. The molecule has 0 radical (unpaired) electrons. The molecule has 0 bridgehead atoms. The highest BCUT2D eigenvalue weighted by molar-refractivity contribution is 8.28. The van der Waals surface area contributed by atoms with Crippen molar-refractivity contribution in [1.82, 2.24) is 4.72 Å². The zero-order valence-electron chi connectivity index (χ0n) is 6.69. The maximum Gasteiger partial charge on any atom is 0.207 e. The Balaban J connectivity index is 0.00000121. The fourth-order valence-electron chi connectivity index (χ4n) is 1.43. The first-order chi connectivity index (χ1) is 5.08. The van der Waals surface area contributed by atoms with Crippen molar-refractivity contribution in [2.45, 2.75) is 38.1 Å². The van der Waals surface area contributed by atoms with Gasteiger partial charge >= 0.3 is 0 Å². The van der Waals surface area contributed by atoms with Crippen molar-refractivity contribution >= 4 is 32.6 Å². The van der Waals surface area contributed by atoms with Crippen molar-refractivity contribution < 1.29 is 8.76 Å². The Morgan fingerprint density at radius 2 is 1.83 bits per heavy atom. The Morgan fingerprint density at radius 1 is 1.33 bits per heavy atom. The van der Waals surface area contributed by atoms with E-state index in [4.69, 9.17) is 4.55 Å². The Morgan fingerprint density at radius 3 is 2.25 bits per heavy atom. The number of hydrogen-bond acceptors (Lipinski definition) is 2. The van der Waals surface area contributed by atoms with Crippen LogP contribution in [0.4, 0.5) is 0 Å². The molecule has 12 heavy (non-hydrogen) atoms. The minimum atomic E-state index is -3.14. The average Bonchev–Trinajstić information content (AvgIpc) is 1.85. The Hall–Kier alpha value is 0.580. The fraction of sp³-hybridized carbons (Fsp3) is 1.00. The molecule has 0 aromatic rings. The molecule has 1 saturated carbocycles. The maximum absolute atomic E-state index is 10.7. The summed E-state index contributed by atoms with van der Waals surface area (Å²) in [5.74, 6) is 0. The van der Waals surface area contributed by atoms with Crippen LogP contribution in [0, 0.1) is 0 Å². The van der Waals surface area contributed by atoms with Crippen LogP contribution in [0.1, 0.15) is 32.1 Å². The second-order valence-electron chi connectivity index (χ2n) is 2.93. The summed E-state index contributed by atoms with van der Waals surface area (Å²) in [6.45, 7) is 0. The zero-order valence-corrected chi connectivity index (χ0v) is 9.14. The van der Waals surface area contributed by atoms with Crippen molar-refractivity contribution in [3.8, 4) is 0 Å². The van der Waals surface area contributed by atoms with Gasteiger partial charge in [-0.05, 0) is 12.8 Å². The van der Waals surface area contributed by atoms with Gasteiger partial charge in [-0.2, -0.15) is 0 Å². The highest BCUT2D eigenvalue weighted by Gasteiger charge is 2.15. The van der Waals surface area contributed by atoms with Gasteiger partial charge in [0.05, 0.1) is 0 Å². The molecule has 0 spiro atoms. The predicted octanol–water partition coefficient (Wildman–Crippen LogP) is 1.46. The van der Waals surface area contributed by atoms with E-state index in [9.17, 15) is 4.21 Å². The summed E-state index contributed by atoms with van der Waals surface area (Å²) in [5, 5.41) is 0. The van der Waals surface area contributed by atoms with Crippen LogP contribution in [0.3, 0.4) is 0 Å². The molecule has 0 amide bonds. The molecule has 1 unspecified atom stereocenters. The van der Waals surface area contributed by atoms with Crippen molar-refractivity contribution in [3.05, 3.63) is 0 Å². The lowest BCUT2D eigenvalue weighted by molar-refractivity contribution is 0.407. The summed E-state index contributed by atoms with van der Waals surface area (Å²) in [6, 6.07) is 0.166. The largest absolute Gasteiger partial charge is 0.294 e. The number of rotatable bonds is 2. The molecule has 1 fully saturated rings. The number of nitrogens with one attached hydrogen (secondary N) is 1. The Kier molecular flexibility index (Phi) is 5.60. The lowest BCUT2D eigenvalue weighted by Crippen LogP contribution is -2.34. The van der Waals surface area contributed by atoms with Gasteiger partial charge in [-0.25, -0.2) is 8.93 Å². The molecule has 1 atom stereocenters. The minimum Gasteiger partial charge on any atom is -0.294 e. The summed E-state index contributed by atoms with van der Waals surface area (Å²) >= 11 is 4.34. The quantitative estimate of drug-likeness (QED) is 0.757. The normalized spacial score (nSPS) is 24.1. The van der Waals surface area contributed by atoms with Crippen LogP contribution in [0.25, 0.3) is 0 Å². The van der Waals surface area contributed by atoms with Crippen LogP contribution >= 0.6 is 12.4 Å². The van der Waals surface area contributed by atoms with Crippen LogP contribution in [-0.2, 0) is 20.1 Å². The van der Waals surface area contributed by atoms with Crippen LogP contribution in [0.5, 0.6) is 0 Å². The van der Waals surface area contributed by atoms with Gasteiger partial charge in [0.15, 0.2) is 0 Å². The van der Waals surface area contributed by atoms with E-state index in [-0.39, 0.29) is 18.4 Å². The standard InChI is InChI=1S/C6H13NO2S2.ClH/c8-11(9,10)7-6-4-2-1-3-5-6;/h6-7H,1-5H2,(H,8,9,10);1H. The highest BCUT2D eigenvalue weighted by Crippen LogP contribution is 2.17. The van der Waals surface area contributed by atoms with Crippen LogP contribution < -0.4 is 4.72 Å². The molecular formula is C6H14ClNO2S2. The molecule has 0 aliphatic heterocycles. The minimum absolute atomic E-state index is 0. The molecule has 1 aliphatic rings. The summed E-state index contributed by atoms with van der Waals surface area (Å²) in [6.07, 6.45) is 5.48. The zero-order chi connectivity index (χ0) is 8.32. The highest BCUT2D eigenvalue weighted by atomic mass is 35.5. The number of halogens is 1. The van der Waals surface area contributed by atoms with Crippen molar-refractivity contribution in [2.75, 3.05) is 0 Å². The van der Waals surface area contributed by atoms with E-state index in [1.165, 1.54) is 6.42 Å².